The number of esters is 1. The van der Waals surface area contributed by atoms with Crippen LogP contribution in [0.3, 0.4) is 0 Å². The first-order valence-electron chi connectivity index (χ1n) is 11.2. The lowest BCUT2D eigenvalue weighted by Crippen LogP contribution is -2.34. The second kappa shape index (κ2) is 9.10. The lowest BCUT2D eigenvalue weighted by atomic mass is 9.79. The molecule has 4 nitrogen and oxygen atoms in total. The van der Waals surface area contributed by atoms with Gasteiger partial charge in [-0.05, 0) is 35.7 Å². The van der Waals surface area contributed by atoms with E-state index in [1.54, 1.807) is 30.3 Å². The molecular formula is C27H18F6N2O2. The summed E-state index contributed by atoms with van der Waals surface area (Å²) in [6.45, 7) is 0. The number of nitrogens with zero attached hydrogens (tertiary/aromatic N) is 1. The van der Waals surface area contributed by atoms with E-state index >= 15 is 0 Å². The monoisotopic (exact) mass is 516 g/mol. The lowest BCUT2D eigenvalue weighted by molar-refractivity contribution is -0.143. The molecule has 10 heteroatoms. The van der Waals surface area contributed by atoms with Gasteiger partial charge in [-0.15, -0.1) is 0 Å². The Balaban J connectivity index is 1.64. The van der Waals surface area contributed by atoms with Crippen LogP contribution in [-0.2, 0) is 23.6 Å². The van der Waals surface area contributed by atoms with E-state index in [4.69, 9.17) is 4.74 Å². The average molecular weight is 516 g/mol. The van der Waals surface area contributed by atoms with Gasteiger partial charge in [-0.2, -0.15) is 31.3 Å². The summed E-state index contributed by atoms with van der Waals surface area (Å²) >= 11 is 0. The number of ether oxygens (including phenoxy) is 1. The number of halogens is 6. The molecule has 0 saturated heterocycles. The second-order valence-electron chi connectivity index (χ2n) is 8.70. The van der Waals surface area contributed by atoms with E-state index in [2.05, 4.69) is 9.97 Å². The molecule has 2 atom stereocenters. The molecule has 1 aliphatic rings. The molecule has 2 heterocycles. The van der Waals surface area contributed by atoms with E-state index in [1.165, 1.54) is 0 Å². The van der Waals surface area contributed by atoms with Crippen molar-refractivity contribution in [3.8, 4) is 17.3 Å². The highest BCUT2D eigenvalue weighted by molar-refractivity contribution is 5.80. The summed E-state index contributed by atoms with van der Waals surface area (Å²) in [6, 6.07) is 19.3. The highest BCUT2D eigenvalue weighted by Crippen LogP contribution is 2.44. The van der Waals surface area contributed by atoms with Gasteiger partial charge in [-0.1, -0.05) is 60.7 Å². The van der Waals surface area contributed by atoms with Gasteiger partial charge in [0.25, 0.3) is 0 Å². The molecule has 1 aliphatic heterocycles. The van der Waals surface area contributed by atoms with Gasteiger partial charge in [0.1, 0.15) is 5.82 Å². The summed E-state index contributed by atoms with van der Waals surface area (Å²) in [6.07, 6.45) is -9.72. The van der Waals surface area contributed by atoms with Crippen molar-refractivity contribution >= 4 is 5.97 Å². The van der Waals surface area contributed by atoms with Crippen LogP contribution < -0.4 is 4.74 Å². The van der Waals surface area contributed by atoms with Gasteiger partial charge >= 0.3 is 18.3 Å². The number of aromatic amines is 1. The van der Waals surface area contributed by atoms with Crippen molar-refractivity contribution in [2.75, 3.05) is 0 Å². The molecular weight excluding hydrogens is 498 g/mol. The normalized spacial score (nSPS) is 17.8. The highest BCUT2D eigenvalue weighted by Gasteiger charge is 2.42. The van der Waals surface area contributed by atoms with E-state index in [0.29, 0.717) is 24.2 Å². The Bertz CT molecular complexity index is 1400. The number of fused-ring (bicyclic) bond motifs is 1. The van der Waals surface area contributed by atoms with Gasteiger partial charge in [-0.3, -0.25) is 4.79 Å². The number of carbonyl (C=O) groups excluding carboxylic acids is 1. The molecule has 4 aromatic rings. The van der Waals surface area contributed by atoms with Crippen molar-refractivity contribution in [2.45, 2.75) is 24.7 Å². The van der Waals surface area contributed by atoms with Crippen molar-refractivity contribution in [1.29, 1.82) is 0 Å². The first kappa shape index (κ1) is 24.6. The van der Waals surface area contributed by atoms with Gasteiger partial charge in [0.2, 0.25) is 5.88 Å². The predicted octanol–water partition coefficient (Wildman–Crippen LogP) is 7.02. The number of nitrogens with one attached hydrogen (secondary N) is 1. The van der Waals surface area contributed by atoms with Crippen LogP contribution in [0.5, 0.6) is 5.88 Å². The third kappa shape index (κ3) is 4.96. The first-order valence-corrected chi connectivity index (χ1v) is 11.2. The number of rotatable bonds is 4. The molecule has 0 fully saturated rings. The summed E-state index contributed by atoms with van der Waals surface area (Å²) in [4.78, 5) is 20.1. The highest BCUT2D eigenvalue weighted by atomic mass is 19.4. The van der Waals surface area contributed by atoms with Crippen molar-refractivity contribution in [3.05, 3.63) is 107 Å². The van der Waals surface area contributed by atoms with Crippen LogP contribution in [0, 0.1) is 5.92 Å². The molecule has 0 radical (unpaired) electrons. The van der Waals surface area contributed by atoms with E-state index in [1.807, 2.05) is 30.3 Å². The van der Waals surface area contributed by atoms with Crippen LogP contribution in [0.4, 0.5) is 26.3 Å². The summed E-state index contributed by atoms with van der Waals surface area (Å²) in [5.74, 6) is -2.37. The number of benzene rings is 3. The SMILES string of the molecule is O=C1Oc2nc(-c3cc(C(F)(F)F)cc(C(F)(F)F)c3)[nH]c2C(c2ccccc2)C1Cc1ccccc1. The number of hydrogen-bond acceptors (Lipinski definition) is 3. The summed E-state index contributed by atoms with van der Waals surface area (Å²) < 4.78 is 85.9. The molecule has 0 spiro atoms. The minimum atomic E-state index is -5.01. The van der Waals surface area contributed by atoms with Crippen molar-refractivity contribution in [2.24, 2.45) is 5.92 Å². The molecule has 190 valence electrons. The minimum absolute atomic E-state index is 0.0506. The fourth-order valence-electron chi connectivity index (χ4n) is 4.52. The Morgan fingerprint density at radius 1 is 0.811 bits per heavy atom. The zero-order valence-electron chi connectivity index (χ0n) is 18.9. The summed E-state index contributed by atoms with van der Waals surface area (Å²) in [7, 11) is 0. The van der Waals surface area contributed by atoms with Gasteiger partial charge in [0, 0.05) is 11.5 Å². The average Bonchev–Trinajstić information content (AvgIpc) is 3.28. The molecule has 0 aliphatic carbocycles. The standard InChI is InChI=1S/C27H18F6N2O2/c28-26(29,30)18-12-17(13-19(14-18)27(31,32)33)23-34-22-21(16-9-5-2-6-10-16)20(25(36)37-24(22)35-23)11-15-7-3-1-4-8-15/h1-10,12-14,20-21H,11H2,(H,34,35). The Kier molecular flexibility index (Phi) is 6.05. The van der Waals surface area contributed by atoms with Gasteiger partial charge in [-0.25, -0.2) is 0 Å². The quantitative estimate of drug-likeness (QED) is 0.234. The van der Waals surface area contributed by atoms with Gasteiger partial charge in [0.05, 0.1) is 22.7 Å². The zero-order chi connectivity index (χ0) is 26.4. The fourth-order valence-corrected chi connectivity index (χ4v) is 4.52. The number of alkyl halides is 6. The topological polar surface area (TPSA) is 55.0 Å². The van der Waals surface area contributed by atoms with Crippen molar-refractivity contribution < 1.29 is 35.9 Å². The van der Waals surface area contributed by atoms with E-state index in [-0.39, 0.29) is 17.8 Å². The Morgan fingerprint density at radius 2 is 1.38 bits per heavy atom. The Labute approximate surface area is 206 Å². The molecule has 0 bridgehead atoms. The van der Waals surface area contributed by atoms with Crippen LogP contribution >= 0.6 is 0 Å². The molecule has 5 rings (SSSR count). The number of imidazole rings is 1. The van der Waals surface area contributed by atoms with Gasteiger partial charge in [0.15, 0.2) is 0 Å². The second-order valence-corrected chi connectivity index (χ2v) is 8.70. The smallest absolute Gasteiger partial charge is 0.405 e. The lowest BCUT2D eigenvalue weighted by Gasteiger charge is -2.29. The molecule has 1 aromatic heterocycles. The van der Waals surface area contributed by atoms with Crippen molar-refractivity contribution in [1.82, 2.24) is 9.97 Å². The van der Waals surface area contributed by atoms with Crippen LogP contribution in [0.2, 0.25) is 0 Å². The molecule has 2 unspecified atom stereocenters. The van der Waals surface area contributed by atoms with E-state index in [0.717, 1.165) is 11.1 Å². The van der Waals surface area contributed by atoms with Gasteiger partial charge < -0.3 is 9.72 Å². The first-order chi connectivity index (χ1) is 17.5. The fraction of sp³-hybridized carbons (Fsp3) is 0.185. The Morgan fingerprint density at radius 3 is 1.95 bits per heavy atom. The maximum atomic E-state index is 13.4. The third-order valence-electron chi connectivity index (χ3n) is 6.23. The molecule has 37 heavy (non-hydrogen) atoms. The predicted molar refractivity (Wildman–Crippen MR) is 122 cm³/mol. The van der Waals surface area contributed by atoms with Crippen molar-refractivity contribution in [3.63, 3.8) is 0 Å². The third-order valence-corrected chi connectivity index (χ3v) is 6.23. The maximum Gasteiger partial charge on any atom is 0.416 e. The number of hydrogen-bond donors (Lipinski definition) is 1. The van der Waals surface area contributed by atoms with Crippen LogP contribution in [0.1, 0.15) is 33.9 Å². The van der Waals surface area contributed by atoms with Crippen LogP contribution in [-0.4, -0.2) is 15.9 Å². The Hall–Kier alpha value is -4.08. The largest absolute Gasteiger partial charge is 0.416 e. The van der Waals surface area contributed by atoms with Crippen LogP contribution in [0.15, 0.2) is 78.9 Å². The molecule has 1 N–H and O–H groups in total. The van der Waals surface area contributed by atoms with Crippen LogP contribution in [0.25, 0.3) is 11.4 Å². The molecule has 3 aromatic carbocycles. The maximum absolute atomic E-state index is 13.4. The number of aromatic nitrogens is 2. The minimum Gasteiger partial charge on any atom is -0.405 e. The zero-order valence-corrected chi connectivity index (χ0v) is 18.9. The summed E-state index contributed by atoms with van der Waals surface area (Å²) in [5, 5.41) is 0. The number of carbonyl (C=O) groups is 1. The van der Waals surface area contributed by atoms with E-state index < -0.39 is 46.8 Å². The summed E-state index contributed by atoms with van der Waals surface area (Å²) in [5.41, 5.74) is -1.49. The van der Waals surface area contributed by atoms with E-state index in [9.17, 15) is 31.1 Å². The molecule has 0 amide bonds. The molecule has 0 saturated carbocycles. The number of H-pyrrole nitrogens is 1.